The molecule has 37 heavy (non-hydrogen) atoms. The molecule has 3 rings (SSSR count). The van der Waals surface area contributed by atoms with Crippen LogP contribution in [0.1, 0.15) is 25.8 Å². The molecule has 2 aliphatic heterocycles. The van der Waals surface area contributed by atoms with E-state index < -0.39 is 12.4 Å². The van der Waals surface area contributed by atoms with Gasteiger partial charge in [-0.25, -0.2) is 4.79 Å². The Labute approximate surface area is 224 Å². The van der Waals surface area contributed by atoms with Gasteiger partial charge in [-0.15, -0.1) is 12.4 Å². The number of benzene rings is 1. The highest BCUT2D eigenvalue weighted by atomic mass is 35.5. The van der Waals surface area contributed by atoms with Crippen molar-refractivity contribution in [1.29, 1.82) is 0 Å². The minimum absolute atomic E-state index is 0. The van der Waals surface area contributed by atoms with Gasteiger partial charge in [0.15, 0.2) is 6.29 Å². The molecular formula is C25H40ClN3O8. The smallest absolute Gasteiger partial charge is 0.317 e. The van der Waals surface area contributed by atoms with Crippen LogP contribution in [0.2, 0.25) is 0 Å². The zero-order chi connectivity index (χ0) is 25.8. The third kappa shape index (κ3) is 11.8. The zero-order valence-electron chi connectivity index (χ0n) is 21.6. The largest absolute Gasteiger partial charge is 0.491 e. The predicted octanol–water partition coefficient (Wildman–Crippen LogP) is 1.11. The summed E-state index contributed by atoms with van der Waals surface area (Å²) in [4.78, 5) is 25.7. The van der Waals surface area contributed by atoms with Crippen molar-refractivity contribution in [3.8, 4) is 5.75 Å². The van der Waals surface area contributed by atoms with Gasteiger partial charge in [0, 0.05) is 39.1 Å². The van der Waals surface area contributed by atoms with Crippen molar-refractivity contribution in [2.75, 3.05) is 65.8 Å². The average molecular weight is 546 g/mol. The zero-order valence-corrected chi connectivity index (χ0v) is 22.4. The summed E-state index contributed by atoms with van der Waals surface area (Å²) < 4.78 is 27.2. The fourth-order valence-electron chi connectivity index (χ4n) is 3.69. The summed E-state index contributed by atoms with van der Waals surface area (Å²) in [5, 5.41) is 16.1. The minimum Gasteiger partial charge on any atom is -0.491 e. The molecule has 2 fully saturated rings. The lowest BCUT2D eigenvalue weighted by Crippen LogP contribution is -2.47. The van der Waals surface area contributed by atoms with E-state index in [9.17, 15) is 14.7 Å². The molecule has 0 aromatic heterocycles. The van der Waals surface area contributed by atoms with Crippen molar-refractivity contribution >= 4 is 24.4 Å². The fraction of sp³-hybridized carbons (Fsp3) is 0.680. The summed E-state index contributed by atoms with van der Waals surface area (Å²) in [6.45, 7) is 8.28. The molecule has 1 aromatic carbocycles. The monoisotopic (exact) mass is 545 g/mol. The van der Waals surface area contributed by atoms with E-state index in [0.29, 0.717) is 64.7 Å². The number of hydrogen-bond acceptors (Lipinski definition) is 9. The van der Waals surface area contributed by atoms with E-state index in [1.54, 1.807) is 4.90 Å². The first-order valence-electron chi connectivity index (χ1n) is 12.5. The number of amides is 2. The van der Waals surface area contributed by atoms with E-state index in [0.717, 1.165) is 5.56 Å². The quantitative estimate of drug-likeness (QED) is 0.247. The number of nitrogens with zero attached hydrogens (tertiary/aromatic N) is 1. The molecule has 2 aliphatic rings. The molecule has 0 spiro atoms. The molecule has 0 saturated carbocycles. The van der Waals surface area contributed by atoms with Gasteiger partial charge in [-0.2, -0.15) is 0 Å². The number of carbonyl (C=O) groups excluding carboxylic acids is 2. The Bertz CT molecular complexity index is 821. The first-order chi connectivity index (χ1) is 17.3. The molecule has 0 radical (unpaired) electrons. The van der Waals surface area contributed by atoms with Gasteiger partial charge in [0.1, 0.15) is 25.1 Å². The van der Waals surface area contributed by atoms with Crippen LogP contribution in [0.5, 0.6) is 5.75 Å². The number of aryl methyl sites for hydroxylation is 1. The summed E-state index contributed by atoms with van der Waals surface area (Å²) >= 11 is 0. The van der Waals surface area contributed by atoms with Crippen LogP contribution in [0.15, 0.2) is 24.3 Å². The maximum atomic E-state index is 12.0. The number of nitrogens with one attached hydrogen (secondary N) is 2. The predicted molar refractivity (Wildman–Crippen MR) is 138 cm³/mol. The van der Waals surface area contributed by atoms with Crippen LogP contribution in [0, 0.1) is 0 Å². The Morgan fingerprint density at radius 3 is 2.59 bits per heavy atom. The average Bonchev–Trinajstić information content (AvgIpc) is 3.24. The van der Waals surface area contributed by atoms with Crippen LogP contribution in [0.3, 0.4) is 0 Å². The molecule has 210 valence electrons. The number of carbonyl (C=O) groups is 2. The normalized spacial score (nSPS) is 19.5. The van der Waals surface area contributed by atoms with Crippen molar-refractivity contribution in [2.24, 2.45) is 0 Å². The van der Waals surface area contributed by atoms with E-state index in [1.165, 1.54) is 0 Å². The van der Waals surface area contributed by atoms with Crippen LogP contribution in [0.25, 0.3) is 0 Å². The van der Waals surface area contributed by atoms with Gasteiger partial charge in [0.05, 0.1) is 25.4 Å². The van der Waals surface area contributed by atoms with Gasteiger partial charge < -0.3 is 44.3 Å². The van der Waals surface area contributed by atoms with Crippen molar-refractivity contribution in [2.45, 2.75) is 44.7 Å². The summed E-state index contributed by atoms with van der Waals surface area (Å²) in [6.07, 6.45) is -0.390. The van der Waals surface area contributed by atoms with Gasteiger partial charge >= 0.3 is 12.0 Å². The number of aliphatic hydroxyl groups excluding tert-OH is 1. The highest BCUT2D eigenvalue weighted by molar-refractivity contribution is 5.85. The number of hydrogen-bond donors (Lipinski definition) is 3. The highest BCUT2D eigenvalue weighted by Crippen LogP contribution is 2.22. The number of halogens is 1. The lowest BCUT2D eigenvalue weighted by atomic mass is 10.1. The summed E-state index contributed by atoms with van der Waals surface area (Å²) in [7, 11) is 0. The molecule has 0 bridgehead atoms. The topological polar surface area (TPSA) is 128 Å². The molecule has 0 aliphatic carbocycles. The minimum atomic E-state index is -0.687. The van der Waals surface area contributed by atoms with E-state index in [2.05, 4.69) is 10.6 Å². The van der Waals surface area contributed by atoms with Crippen molar-refractivity contribution in [3.05, 3.63) is 29.8 Å². The molecule has 2 saturated heterocycles. The second kappa shape index (κ2) is 16.0. The Hall–Kier alpha value is -2.15. The molecule has 1 aromatic rings. The number of rotatable bonds is 13. The highest BCUT2D eigenvalue weighted by Gasteiger charge is 2.33. The Morgan fingerprint density at radius 2 is 1.92 bits per heavy atom. The standard InChI is InChI=1S/C25H39N3O8.ClH/c1-25(2)18-35-23(36-25)17-34-22(30)8-5-19-3-6-21(7-4-19)33-16-20(29)15-26-9-10-27-24(31)28-11-13-32-14-12-28;/h3-4,6-7,20,23,26,29H,5,8-18H2,1-2H3,(H,27,31);1H/t20-,23+;/m0./s1. The van der Waals surface area contributed by atoms with Gasteiger partial charge in [-0.1, -0.05) is 12.1 Å². The number of ether oxygens (including phenoxy) is 5. The molecule has 2 amide bonds. The van der Waals surface area contributed by atoms with Crippen molar-refractivity contribution in [3.63, 3.8) is 0 Å². The number of urea groups is 1. The van der Waals surface area contributed by atoms with E-state index in [4.69, 9.17) is 23.7 Å². The van der Waals surface area contributed by atoms with Crippen molar-refractivity contribution in [1.82, 2.24) is 15.5 Å². The summed E-state index contributed by atoms with van der Waals surface area (Å²) in [5.74, 6) is 0.333. The summed E-state index contributed by atoms with van der Waals surface area (Å²) in [5.41, 5.74) is 0.630. The SMILES string of the molecule is CC1(C)CO[C@@H](COC(=O)CCc2ccc(OC[C@@H](O)CNCCNC(=O)N3CCOCC3)cc2)O1.Cl. The molecule has 12 heteroatoms. The van der Waals surface area contributed by atoms with Gasteiger partial charge in [-0.05, 0) is 38.0 Å². The van der Waals surface area contributed by atoms with Crippen LogP contribution in [-0.4, -0.2) is 106 Å². The second-order valence-corrected chi connectivity index (χ2v) is 9.45. The first kappa shape index (κ1) is 31.1. The first-order valence-corrected chi connectivity index (χ1v) is 12.5. The number of esters is 1. The second-order valence-electron chi connectivity index (χ2n) is 9.45. The molecule has 2 heterocycles. The van der Waals surface area contributed by atoms with Gasteiger partial charge in [0.2, 0.25) is 0 Å². The van der Waals surface area contributed by atoms with Crippen molar-refractivity contribution < 1.29 is 38.4 Å². The van der Waals surface area contributed by atoms with Crippen LogP contribution < -0.4 is 15.4 Å². The van der Waals surface area contributed by atoms with Crippen LogP contribution in [0.4, 0.5) is 4.79 Å². The lowest BCUT2D eigenvalue weighted by Gasteiger charge is -2.27. The number of morpholine rings is 1. The molecule has 3 N–H and O–H groups in total. The Balaban J connectivity index is 0.00000481. The molecule has 0 unspecified atom stereocenters. The molecular weight excluding hydrogens is 506 g/mol. The van der Waals surface area contributed by atoms with Gasteiger partial charge in [0.25, 0.3) is 0 Å². The van der Waals surface area contributed by atoms with Crippen LogP contribution >= 0.6 is 12.4 Å². The maximum Gasteiger partial charge on any atom is 0.317 e. The number of aliphatic hydroxyl groups is 1. The van der Waals surface area contributed by atoms with E-state index in [-0.39, 0.29) is 49.6 Å². The van der Waals surface area contributed by atoms with Gasteiger partial charge in [-0.3, -0.25) is 4.79 Å². The van der Waals surface area contributed by atoms with Crippen LogP contribution in [-0.2, 0) is 30.2 Å². The third-order valence-corrected chi connectivity index (χ3v) is 5.69. The molecule has 11 nitrogen and oxygen atoms in total. The fourth-order valence-corrected chi connectivity index (χ4v) is 3.69. The third-order valence-electron chi connectivity index (χ3n) is 5.69. The molecule has 2 atom stereocenters. The van der Waals surface area contributed by atoms with E-state index >= 15 is 0 Å². The van der Waals surface area contributed by atoms with E-state index in [1.807, 2.05) is 38.1 Å². The Morgan fingerprint density at radius 1 is 1.19 bits per heavy atom. The maximum absolute atomic E-state index is 12.0. The Kier molecular flexibility index (Phi) is 13.4. The lowest BCUT2D eigenvalue weighted by molar-refractivity contribution is -0.160. The summed E-state index contributed by atoms with van der Waals surface area (Å²) in [6, 6.07) is 7.29.